The van der Waals surface area contributed by atoms with Crippen molar-refractivity contribution in [1.29, 1.82) is 0 Å². The SMILES string of the molecule is O=C(NCCn1nc(-c2ccncc2)cc1C1CC1)C1(c2cccs2)CCCC1. The van der Waals surface area contributed by atoms with E-state index in [1.54, 1.807) is 23.7 Å². The number of pyridine rings is 1. The molecular weight excluding hydrogens is 380 g/mol. The summed E-state index contributed by atoms with van der Waals surface area (Å²) in [7, 11) is 0. The minimum Gasteiger partial charge on any atom is -0.353 e. The molecule has 6 heteroatoms. The summed E-state index contributed by atoms with van der Waals surface area (Å²) in [5.74, 6) is 0.799. The van der Waals surface area contributed by atoms with Crippen LogP contribution in [0.3, 0.4) is 0 Å². The molecule has 2 fully saturated rings. The first-order chi connectivity index (χ1) is 14.3. The van der Waals surface area contributed by atoms with Gasteiger partial charge in [-0.1, -0.05) is 18.9 Å². The summed E-state index contributed by atoms with van der Waals surface area (Å²) in [5, 5.41) is 10.2. The lowest BCUT2D eigenvalue weighted by Crippen LogP contribution is -2.43. The summed E-state index contributed by atoms with van der Waals surface area (Å²) < 4.78 is 2.10. The standard InChI is InChI=1S/C23H26N4OS/c28-22(23(9-1-2-10-23)21-4-3-15-29-21)25-13-14-27-20(18-5-6-18)16-19(26-27)17-7-11-24-12-8-17/h3-4,7-8,11-12,15-16,18H,1-2,5-6,9-10,13-14H2,(H,25,28). The van der Waals surface area contributed by atoms with E-state index in [2.05, 4.69) is 38.6 Å². The van der Waals surface area contributed by atoms with E-state index in [1.807, 2.05) is 12.1 Å². The van der Waals surface area contributed by atoms with Crippen LogP contribution in [0.15, 0.2) is 48.1 Å². The van der Waals surface area contributed by atoms with Gasteiger partial charge in [-0.3, -0.25) is 14.5 Å². The predicted molar refractivity (Wildman–Crippen MR) is 115 cm³/mol. The molecule has 3 heterocycles. The smallest absolute Gasteiger partial charge is 0.231 e. The van der Waals surface area contributed by atoms with E-state index in [-0.39, 0.29) is 11.3 Å². The highest BCUT2D eigenvalue weighted by Crippen LogP contribution is 2.43. The summed E-state index contributed by atoms with van der Waals surface area (Å²) in [5.41, 5.74) is 3.05. The summed E-state index contributed by atoms with van der Waals surface area (Å²) in [6, 6.07) is 10.4. The van der Waals surface area contributed by atoms with Crippen LogP contribution < -0.4 is 5.32 Å². The maximum Gasteiger partial charge on any atom is 0.231 e. The predicted octanol–water partition coefficient (Wildman–Crippen LogP) is 4.51. The zero-order valence-electron chi connectivity index (χ0n) is 16.5. The normalized spacial score (nSPS) is 18.1. The number of nitrogens with zero attached hydrogens (tertiary/aromatic N) is 3. The zero-order valence-corrected chi connectivity index (χ0v) is 17.3. The van der Waals surface area contributed by atoms with Crippen molar-refractivity contribution in [3.8, 4) is 11.3 Å². The van der Waals surface area contributed by atoms with Crippen molar-refractivity contribution in [3.63, 3.8) is 0 Å². The number of thiophene rings is 1. The average molecular weight is 407 g/mol. The Morgan fingerprint density at radius 2 is 2.00 bits per heavy atom. The van der Waals surface area contributed by atoms with Crippen molar-refractivity contribution in [1.82, 2.24) is 20.1 Å². The molecule has 29 heavy (non-hydrogen) atoms. The van der Waals surface area contributed by atoms with E-state index in [1.165, 1.54) is 23.4 Å². The molecule has 0 unspecified atom stereocenters. The fraction of sp³-hybridized carbons (Fsp3) is 0.435. The lowest BCUT2D eigenvalue weighted by Gasteiger charge is -2.26. The van der Waals surface area contributed by atoms with E-state index >= 15 is 0 Å². The van der Waals surface area contributed by atoms with Crippen LogP contribution in [0.25, 0.3) is 11.3 Å². The average Bonchev–Trinajstić information content (AvgIpc) is 3.18. The zero-order chi connectivity index (χ0) is 19.7. The third-order valence-corrected chi connectivity index (χ3v) is 7.35. The van der Waals surface area contributed by atoms with Crippen LogP contribution in [0.5, 0.6) is 0 Å². The molecule has 0 bridgehead atoms. The Labute approximate surface area is 175 Å². The van der Waals surface area contributed by atoms with E-state index < -0.39 is 0 Å². The van der Waals surface area contributed by atoms with Gasteiger partial charge in [0.25, 0.3) is 0 Å². The van der Waals surface area contributed by atoms with E-state index in [0.29, 0.717) is 19.0 Å². The second-order valence-corrected chi connectivity index (χ2v) is 9.16. The van der Waals surface area contributed by atoms with Gasteiger partial charge in [0.2, 0.25) is 5.91 Å². The number of hydrogen-bond donors (Lipinski definition) is 1. The van der Waals surface area contributed by atoms with Crippen LogP contribution in [0, 0.1) is 0 Å². The summed E-state index contributed by atoms with van der Waals surface area (Å²) in [4.78, 5) is 18.5. The number of aromatic nitrogens is 3. The van der Waals surface area contributed by atoms with Gasteiger partial charge in [-0.2, -0.15) is 5.10 Å². The van der Waals surface area contributed by atoms with Gasteiger partial charge in [0.05, 0.1) is 17.7 Å². The second kappa shape index (κ2) is 7.75. The third-order valence-electron chi connectivity index (χ3n) is 6.28. The maximum absolute atomic E-state index is 13.2. The highest BCUT2D eigenvalue weighted by Gasteiger charge is 2.43. The molecule has 5 rings (SSSR count). The second-order valence-electron chi connectivity index (χ2n) is 8.21. The molecule has 0 radical (unpaired) electrons. The number of nitrogens with one attached hydrogen (secondary N) is 1. The van der Waals surface area contributed by atoms with E-state index in [9.17, 15) is 4.79 Å². The Hall–Kier alpha value is -2.47. The van der Waals surface area contributed by atoms with Gasteiger partial charge in [-0.15, -0.1) is 11.3 Å². The molecule has 0 saturated heterocycles. The Bertz CT molecular complexity index is 970. The van der Waals surface area contributed by atoms with Gasteiger partial charge < -0.3 is 5.32 Å². The summed E-state index contributed by atoms with van der Waals surface area (Å²) in [6.07, 6.45) is 10.2. The highest BCUT2D eigenvalue weighted by molar-refractivity contribution is 7.10. The Kier molecular flexibility index (Phi) is 4.96. The quantitative estimate of drug-likeness (QED) is 0.628. The van der Waals surface area contributed by atoms with E-state index in [0.717, 1.165) is 36.9 Å². The first-order valence-electron chi connectivity index (χ1n) is 10.6. The van der Waals surface area contributed by atoms with Crippen molar-refractivity contribution in [2.45, 2.75) is 56.4 Å². The lowest BCUT2D eigenvalue weighted by molar-refractivity contribution is -0.126. The Balaban J connectivity index is 1.29. The number of hydrogen-bond acceptors (Lipinski definition) is 4. The van der Waals surface area contributed by atoms with Gasteiger partial charge in [0, 0.05) is 41.0 Å². The molecule has 1 amide bonds. The molecular formula is C23H26N4OS. The van der Waals surface area contributed by atoms with Crippen LogP contribution in [-0.2, 0) is 16.8 Å². The topological polar surface area (TPSA) is 59.8 Å². The Morgan fingerprint density at radius 1 is 1.21 bits per heavy atom. The molecule has 2 aliphatic rings. The molecule has 0 aromatic carbocycles. The lowest BCUT2D eigenvalue weighted by atomic mass is 9.83. The molecule has 0 spiro atoms. The highest BCUT2D eigenvalue weighted by atomic mass is 32.1. The summed E-state index contributed by atoms with van der Waals surface area (Å²) >= 11 is 1.71. The molecule has 3 aromatic rings. The molecule has 150 valence electrons. The summed E-state index contributed by atoms with van der Waals surface area (Å²) in [6.45, 7) is 1.33. The minimum atomic E-state index is -0.320. The largest absolute Gasteiger partial charge is 0.353 e. The first-order valence-corrected chi connectivity index (χ1v) is 11.4. The minimum absolute atomic E-state index is 0.187. The van der Waals surface area contributed by atoms with Crippen LogP contribution in [0.4, 0.5) is 0 Å². The van der Waals surface area contributed by atoms with Gasteiger partial charge in [-0.25, -0.2) is 0 Å². The monoisotopic (exact) mass is 406 g/mol. The fourth-order valence-corrected chi connectivity index (χ4v) is 5.52. The molecule has 0 atom stereocenters. The van der Waals surface area contributed by atoms with Crippen LogP contribution >= 0.6 is 11.3 Å². The molecule has 0 aliphatic heterocycles. The molecule has 5 nitrogen and oxygen atoms in total. The number of amides is 1. The molecule has 2 aliphatic carbocycles. The number of carbonyl (C=O) groups is 1. The van der Waals surface area contributed by atoms with Crippen molar-refractivity contribution in [3.05, 3.63) is 58.7 Å². The van der Waals surface area contributed by atoms with Gasteiger partial charge in [-0.05, 0) is 55.3 Å². The van der Waals surface area contributed by atoms with Crippen LogP contribution in [0.1, 0.15) is 55.0 Å². The van der Waals surface area contributed by atoms with Gasteiger partial charge in [0.1, 0.15) is 0 Å². The molecule has 3 aromatic heterocycles. The number of carbonyl (C=O) groups excluding carboxylic acids is 1. The van der Waals surface area contributed by atoms with E-state index in [4.69, 9.17) is 5.10 Å². The molecule has 2 saturated carbocycles. The number of rotatable bonds is 7. The van der Waals surface area contributed by atoms with Crippen molar-refractivity contribution in [2.24, 2.45) is 0 Å². The van der Waals surface area contributed by atoms with Crippen molar-refractivity contribution < 1.29 is 4.79 Å². The van der Waals surface area contributed by atoms with Crippen molar-refractivity contribution >= 4 is 17.2 Å². The van der Waals surface area contributed by atoms with Crippen molar-refractivity contribution in [2.75, 3.05) is 6.54 Å². The van der Waals surface area contributed by atoms with Crippen LogP contribution in [0.2, 0.25) is 0 Å². The first kappa shape index (κ1) is 18.6. The maximum atomic E-state index is 13.2. The Morgan fingerprint density at radius 3 is 2.69 bits per heavy atom. The van der Waals surface area contributed by atoms with Crippen LogP contribution in [-0.4, -0.2) is 27.2 Å². The van der Waals surface area contributed by atoms with Gasteiger partial charge >= 0.3 is 0 Å². The fourth-order valence-electron chi connectivity index (χ4n) is 4.54. The third kappa shape index (κ3) is 3.62. The molecule has 1 N–H and O–H groups in total. The van der Waals surface area contributed by atoms with Gasteiger partial charge in [0.15, 0.2) is 0 Å².